The number of hydrogen-bond acceptors (Lipinski definition) is 3. The van der Waals surface area contributed by atoms with Gasteiger partial charge in [-0.05, 0) is 44.5 Å². The van der Waals surface area contributed by atoms with Crippen molar-refractivity contribution in [3.63, 3.8) is 0 Å². The van der Waals surface area contributed by atoms with E-state index in [0.29, 0.717) is 6.54 Å². The number of benzene rings is 1. The Balaban J connectivity index is 2.73. The molecule has 1 atom stereocenters. The Hall–Kier alpha value is -1.71. The van der Waals surface area contributed by atoms with Gasteiger partial charge in [-0.2, -0.15) is 0 Å². The molecular formula is C17H27NO3. The maximum atomic E-state index is 11.0. The number of ether oxygens (including phenoxy) is 1. The topological polar surface area (TPSA) is 49.8 Å². The molecule has 1 N–H and O–H groups in total. The molecule has 1 aromatic rings. The lowest BCUT2D eigenvalue weighted by Crippen LogP contribution is -2.37. The lowest BCUT2D eigenvalue weighted by molar-refractivity contribution is -0.140. The van der Waals surface area contributed by atoms with Crippen molar-refractivity contribution in [3.8, 4) is 5.75 Å². The van der Waals surface area contributed by atoms with E-state index in [1.165, 1.54) is 0 Å². The highest BCUT2D eigenvalue weighted by atomic mass is 16.5. The molecule has 1 aromatic carbocycles. The van der Waals surface area contributed by atoms with Crippen molar-refractivity contribution in [2.75, 3.05) is 18.1 Å². The molecule has 0 aliphatic rings. The molecule has 0 aliphatic carbocycles. The number of carboxylic acids is 1. The van der Waals surface area contributed by atoms with E-state index in [0.717, 1.165) is 30.9 Å². The fraction of sp³-hybridized carbons (Fsp3) is 0.588. The average Bonchev–Trinajstić information content (AvgIpc) is 2.45. The van der Waals surface area contributed by atoms with Gasteiger partial charge < -0.3 is 14.7 Å². The number of hydrogen-bond donors (Lipinski definition) is 1. The first kappa shape index (κ1) is 17.3. The van der Waals surface area contributed by atoms with Crippen LogP contribution in [-0.4, -0.2) is 30.3 Å². The number of carbonyl (C=O) groups is 1. The number of rotatable bonds is 9. The van der Waals surface area contributed by atoms with Crippen molar-refractivity contribution < 1.29 is 14.6 Å². The second kappa shape index (κ2) is 8.55. The Bertz CT molecular complexity index is 428. The maximum Gasteiger partial charge on any atom is 0.308 e. The minimum Gasteiger partial charge on any atom is -0.494 e. The summed E-state index contributed by atoms with van der Waals surface area (Å²) in [6, 6.07) is 8.14. The van der Waals surface area contributed by atoms with Crippen LogP contribution in [0.2, 0.25) is 0 Å². The molecule has 0 fully saturated rings. The highest BCUT2D eigenvalue weighted by Gasteiger charge is 2.18. The van der Waals surface area contributed by atoms with Crippen LogP contribution in [0.3, 0.4) is 0 Å². The molecule has 1 rings (SSSR count). The van der Waals surface area contributed by atoms with Gasteiger partial charge >= 0.3 is 5.97 Å². The van der Waals surface area contributed by atoms with Crippen LogP contribution < -0.4 is 9.64 Å². The molecule has 0 aromatic heterocycles. The van der Waals surface area contributed by atoms with Gasteiger partial charge in [0.05, 0.1) is 12.5 Å². The average molecular weight is 293 g/mol. The zero-order valence-electron chi connectivity index (χ0n) is 13.5. The summed E-state index contributed by atoms with van der Waals surface area (Å²) in [6.45, 7) is 9.25. The summed E-state index contributed by atoms with van der Waals surface area (Å²) >= 11 is 0. The Kier molecular flexibility index (Phi) is 7.06. The smallest absolute Gasteiger partial charge is 0.308 e. The molecule has 0 bridgehead atoms. The van der Waals surface area contributed by atoms with E-state index in [1.54, 1.807) is 6.92 Å². The van der Waals surface area contributed by atoms with Crippen LogP contribution in [-0.2, 0) is 4.79 Å². The molecule has 4 heteroatoms. The van der Waals surface area contributed by atoms with Gasteiger partial charge in [-0.15, -0.1) is 0 Å². The molecule has 0 radical (unpaired) electrons. The van der Waals surface area contributed by atoms with Crippen molar-refractivity contribution in [1.29, 1.82) is 0 Å². The first-order chi connectivity index (χ1) is 9.95. The SMILES string of the molecule is CCCCOc1ccc(N(CC(C)C(=O)O)C(C)C)cc1. The first-order valence-electron chi connectivity index (χ1n) is 7.68. The second-order valence-electron chi connectivity index (χ2n) is 5.68. The van der Waals surface area contributed by atoms with Crippen molar-refractivity contribution in [1.82, 2.24) is 0 Å². The summed E-state index contributed by atoms with van der Waals surface area (Å²) in [4.78, 5) is 13.1. The summed E-state index contributed by atoms with van der Waals surface area (Å²) in [5.41, 5.74) is 1.03. The van der Waals surface area contributed by atoms with Crippen molar-refractivity contribution >= 4 is 11.7 Å². The van der Waals surface area contributed by atoms with Crippen LogP contribution in [0.1, 0.15) is 40.5 Å². The molecule has 0 saturated heterocycles. The molecule has 0 aliphatic heterocycles. The van der Waals surface area contributed by atoms with Crippen molar-refractivity contribution in [3.05, 3.63) is 24.3 Å². The number of unbranched alkanes of at least 4 members (excludes halogenated alkanes) is 1. The minimum absolute atomic E-state index is 0.249. The lowest BCUT2D eigenvalue weighted by atomic mass is 10.1. The van der Waals surface area contributed by atoms with Gasteiger partial charge in [-0.25, -0.2) is 0 Å². The second-order valence-corrected chi connectivity index (χ2v) is 5.68. The highest BCUT2D eigenvalue weighted by molar-refractivity contribution is 5.70. The molecule has 0 saturated carbocycles. The first-order valence-corrected chi connectivity index (χ1v) is 7.68. The van der Waals surface area contributed by atoms with Gasteiger partial charge in [0.2, 0.25) is 0 Å². The number of aliphatic carboxylic acids is 1. The van der Waals surface area contributed by atoms with E-state index in [-0.39, 0.29) is 6.04 Å². The standard InChI is InChI=1S/C17H27NO3/c1-5-6-11-21-16-9-7-15(8-10-16)18(13(2)3)12-14(4)17(19)20/h7-10,13-14H,5-6,11-12H2,1-4H3,(H,19,20). The molecule has 0 spiro atoms. The van der Waals surface area contributed by atoms with E-state index in [1.807, 2.05) is 24.3 Å². The van der Waals surface area contributed by atoms with Gasteiger partial charge in [0.25, 0.3) is 0 Å². The van der Waals surface area contributed by atoms with Crippen LogP contribution in [0.15, 0.2) is 24.3 Å². The van der Waals surface area contributed by atoms with E-state index in [9.17, 15) is 4.79 Å². The number of nitrogens with zero attached hydrogens (tertiary/aromatic N) is 1. The quantitative estimate of drug-likeness (QED) is 0.704. The van der Waals surface area contributed by atoms with Crippen LogP contribution >= 0.6 is 0 Å². The molecular weight excluding hydrogens is 266 g/mol. The predicted molar refractivity (Wildman–Crippen MR) is 86.1 cm³/mol. The van der Waals surface area contributed by atoms with E-state index < -0.39 is 11.9 Å². The van der Waals surface area contributed by atoms with Crippen molar-refractivity contribution in [2.24, 2.45) is 5.92 Å². The van der Waals surface area contributed by atoms with Crippen molar-refractivity contribution in [2.45, 2.75) is 46.6 Å². The fourth-order valence-electron chi connectivity index (χ4n) is 2.06. The predicted octanol–water partition coefficient (Wildman–Crippen LogP) is 3.80. The molecule has 21 heavy (non-hydrogen) atoms. The Labute approximate surface area is 127 Å². The summed E-state index contributed by atoms with van der Waals surface area (Å²) in [5.74, 6) is -0.296. The third kappa shape index (κ3) is 5.66. The monoisotopic (exact) mass is 293 g/mol. The third-order valence-electron chi connectivity index (χ3n) is 3.45. The third-order valence-corrected chi connectivity index (χ3v) is 3.45. The largest absolute Gasteiger partial charge is 0.494 e. The van der Waals surface area contributed by atoms with E-state index in [4.69, 9.17) is 9.84 Å². The van der Waals surface area contributed by atoms with Crippen LogP contribution in [0.4, 0.5) is 5.69 Å². The maximum absolute atomic E-state index is 11.0. The molecule has 0 amide bonds. The Morgan fingerprint density at radius 3 is 2.33 bits per heavy atom. The van der Waals surface area contributed by atoms with Gasteiger partial charge in [-0.3, -0.25) is 4.79 Å². The Morgan fingerprint density at radius 2 is 1.86 bits per heavy atom. The zero-order valence-corrected chi connectivity index (χ0v) is 13.5. The van der Waals surface area contributed by atoms with E-state index >= 15 is 0 Å². The lowest BCUT2D eigenvalue weighted by Gasteiger charge is -2.30. The Morgan fingerprint density at radius 1 is 1.24 bits per heavy atom. The van der Waals surface area contributed by atoms with Crippen LogP contribution in [0, 0.1) is 5.92 Å². The summed E-state index contributed by atoms with van der Waals surface area (Å²) in [7, 11) is 0. The number of anilines is 1. The summed E-state index contributed by atoms with van der Waals surface area (Å²) < 4.78 is 5.65. The van der Waals surface area contributed by atoms with Gasteiger partial charge in [0, 0.05) is 18.3 Å². The molecule has 1 unspecified atom stereocenters. The highest BCUT2D eigenvalue weighted by Crippen LogP contribution is 2.22. The van der Waals surface area contributed by atoms with Gasteiger partial charge in [0.1, 0.15) is 5.75 Å². The van der Waals surface area contributed by atoms with Crippen LogP contribution in [0.25, 0.3) is 0 Å². The number of carboxylic acid groups (broad SMARTS) is 1. The summed E-state index contributed by atoms with van der Waals surface area (Å²) in [5, 5.41) is 9.08. The molecule has 0 heterocycles. The molecule has 118 valence electrons. The van der Waals surface area contributed by atoms with Gasteiger partial charge in [-0.1, -0.05) is 20.3 Å². The summed E-state index contributed by atoms with van der Waals surface area (Å²) in [6.07, 6.45) is 2.17. The van der Waals surface area contributed by atoms with Gasteiger partial charge in [0.15, 0.2) is 0 Å². The fourth-order valence-corrected chi connectivity index (χ4v) is 2.06. The minimum atomic E-state index is -0.764. The normalized spacial score (nSPS) is 12.2. The zero-order chi connectivity index (χ0) is 15.8. The van der Waals surface area contributed by atoms with E-state index in [2.05, 4.69) is 25.7 Å². The molecule has 4 nitrogen and oxygen atoms in total. The van der Waals surface area contributed by atoms with Crippen LogP contribution in [0.5, 0.6) is 5.75 Å².